The summed E-state index contributed by atoms with van der Waals surface area (Å²) in [5, 5.41) is 15.4. The van der Waals surface area contributed by atoms with Crippen molar-refractivity contribution in [1.29, 1.82) is 0 Å². The number of thiazole rings is 1. The van der Waals surface area contributed by atoms with Crippen LogP contribution in [0.4, 0.5) is 9.18 Å². The van der Waals surface area contributed by atoms with Gasteiger partial charge in [0.15, 0.2) is 10.8 Å². The highest BCUT2D eigenvalue weighted by molar-refractivity contribution is 7.11. The molecule has 0 radical (unpaired) electrons. The molecule has 2 aromatic rings. The molecule has 43 heavy (non-hydrogen) atoms. The minimum atomic E-state index is -0.933. The fourth-order valence-electron chi connectivity index (χ4n) is 6.33. The van der Waals surface area contributed by atoms with Crippen LogP contribution in [0.15, 0.2) is 46.0 Å². The Kier molecular flexibility index (Phi) is 8.14. The lowest BCUT2D eigenvalue weighted by molar-refractivity contribution is -0.155. The second kappa shape index (κ2) is 11.9. The summed E-state index contributed by atoms with van der Waals surface area (Å²) in [5.74, 6) is -1.61. The summed E-state index contributed by atoms with van der Waals surface area (Å²) in [6, 6.07) is 3.24. The van der Waals surface area contributed by atoms with Crippen LogP contribution < -0.4 is 5.32 Å². The number of aliphatic imine (C=N–C) groups is 1. The number of carbonyl (C=O) groups excluding carboxylic acids is 2. The highest BCUT2D eigenvalue weighted by Gasteiger charge is 2.50. The monoisotopic (exact) mass is 630 g/mol. The summed E-state index contributed by atoms with van der Waals surface area (Å²) in [7, 11) is 0. The Labute approximate surface area is 257 Å². The molecule has 1 saturated carbocycles. The lowest BCUT2D eigenvalue weighted by Crippen LogP contribution is -2.53. The van der Waals surface area contributed by atoms with Crippen LogP contribution in [-0.4, -0.2) is 101 Å². The van der Waals surface area contributed by atoms with Crippen LogP contribution in [0.3, 0.4) is 0 Å². The number of hydrogen-bond acceptors (Lipinski definition) is 9. The molecule has 2 N–H and O–H groups in total. The number of benzene rings is 1. The number of carbonyl (C=O) groups is 3. The molecular formula is C29H32ClFN6O5S. The second-order valence-electron chi connectivity index (χ2n) is 11.3. The van der Waals surface area contributed by atoms with Gasteiger partial charge in [-0.2, -0.15) is 0 Å². The van der Waals surface area contributed by atoms with Crippen LogP contribution in [0.1, 0.15) is 42.8 Å². The maximum atomic E-state index is 14.6. The van der Waals surface area contributed by atoms with E-state index in [0.717, 1.165) is 6.42 Å². The first-order valence-electron chi connectivity index (χ1n) is 14.3. The van der Waals surface area contributed by atoms with Crippen LogP contribution in [0.2, 0.25) is 5.02 Å². The number of halogens is 2. The minimum Gasteiger partial charge on any atom is -0.481 e. The van der Waals surface area contributed by atoms with Gasteiger partial charge in [-0.05, 0) is 25.8 Å². The minimum absolute atomic E-state index is 0.122. The first-order chi connectivity index (χ1) is 20.7. The van der Waals surface area contributed by atoms with Crippen molar-refractivity contribution in [3.8, 4) is 0 Å². The normalized spacial score (nSPS) is 23.4. The Morgan fingerprint density at radius 1 is 1.28 bits per heavy atom. The van der Waals surface area contributed by atoms with Crippen molar-refractivity contribution in [3.63, 3.8) is 0 Å². The van der Waals surface area contributed by atoms with E-state index in [4.69, 9.17) is 21.3 Å². The lowest BCUT2D eigenvalue weighted by atomic mass is 9.68. The summed E-state index contributed by atoms with van der Waals surface area (Å²) >= 11 is 7.79. The Bertz CT molecular complexity index is 1500. The van der Waals surface area contributed by atoms with Crippen molar-refractivity contribution in [3.05, 3.63) is 62.5 Å². The van der Waals surface area contributed by atoms with E-state index in [1.165, 1.54) is 23.5 Å². The van der Waals surface area contributed by atoms with Crippen molar-refractivity contribution in [2.45, 2.75) is 38.3 Å². The van der Waals surface area contributed by atoms with Gasteiger partial charge >= 0.3 is 18.0 Å². The first kappa shape index (κ1) is 29.5. The van der Waals surface area contributed by atoms with Crippen LogP contribution in [0, 0.1) is 11.2 Å². The topological polar surface area (TPSA) is 128 Å². The predicted octanol–water partition coefficient (Wildman–Crippen LogP) is 3.52. The number of nitrogens with zero attached hydrogens (tertiary/aromatic N) is 5. The zero-order valence-electron chi connectivity index (χ0n) is 23.6. The molecule has 2 amide bonds. The Balaban J connectivity index is 1.28. The van der Waals surface area contributed by atoms with Gasteiger partial charge in [0.25, 0.3) is 0 Å². The summed E-state index contributed by atoms with van der Waals surface area (Å²) in [6.45, 7) is 4.35. The molecule has 11 nitrogen and oxygen atoms in total. The van der Waals surface area contributed by atoms with Gasteiger partial charge in [-0.1, -0.05) is 30.2 Å². The number of aromatic nitrogens is 1. The van der Waals surface area contributed by atoms with Crippen molar-refractivity contribution in [1.82, 2.24) is 25.0 Å². The number of ether oxygens (including phenoxy) is 1. The van der Waals surface area contributed by atoms with Crippen molar-refractivity contribution >= 4 is 46.7 Å². The molecule has 3 aliphatic heterocycles. The molecule has 2 atom stereocenters. The molecule has 4 heterocycles. The lowest BCUT2D eigenvalue weighted by Gasteiger charge is -2.40. The molecule has 2 saturated heterocycles. The van der Waals surface area contributed by atoms with E-state index in [-0.39, 0.29) is 35.8 Å². The van der Waals surface area contributed by atoms with Crippen molar-refractivity contribution in [2.24, 2.45) is 10.4 Å². The first-order valence-corrected chi connectivity index (χ1v) is 15.6. The van der Waals surface area contributed by atoms with Crippen molar-refractivity contribution in [2.75, 3.05) is 45.9 Å². The van der Waals surface area contributed by atoms with E-state index in [2.05, 4.69) is 15.2 Å². The van der Waals surface area contributed by atoms with Gasteiger partial charge in [-0.15, -0.1) is 11.3 Å². The number of aliphatic carboxylic acids is 1. The molecule has 228 valence electrons. The smallest absolute Gasteiger partial charge is 0.338 e. The summed E-state index contributed by atoms with van der Waals surface area (Å²) in [5.41, 5.74) is 0.254. The van der Waals surface area contributed by atoms with Gasteiger partial charge < -0.3 is 25.0 Å². The Hall–Kier alpha value is -3.55. The number of carboxylic acids is 1. The van der Waals surface area contributed by atoms with E-state index in [1.54, 1.807) is 24.1 Å². The van der Waals surface area contributed by atoms with Gasteiger partial charge in [-0.3, -0.25) is 14.7 Å². The quantitative estimate of drug-likeness (QED) is 0.403. The number of amides is 2. The Morgan fingerprint density at radius 2 is 2.09 bits per heavy atom. The third kappa shape index (κ3) is 5.49. The second-order valence-corrected chi connectivity index (χ2v) is 12.6. The van der Waals surface area contributed by atoms with E-state index in [0.29, 0.717) is 67.7 Å². The van der Waals surface area contributed by atoms with E-state index in [1.807, 2.05) is 10.3 Å². The standard InChI is InChI=1S/C29H32ClFN6O5S/c1-2-42-26(38)21-20(33-24(25-32-9-12-43-25)34-23(21)18-5-3-6-19(31)22(18)30)15-35-10-11-37-17(13-35)14-36(28(37)41)16-29(27(39)40)7-4-8-29/h3,5-6,9,12,17,23H,2,4,7-8,10-11,13-16H2,1H3,(H,33,34)(H,39,40)/t17-,23-/m0/s1. The third-order valence-electron chi connectivity index (χ3n) is 8.69. The van der Waals surface area contributed by atoms with Crippen LogP contribution in [0.25, 0.3) is 0 Å². The largest absolute Gasteiger partial charge is 0.481 e. The molecule has 0 unspecified atom stereocenters. The van der Waals surface area contributed by atoms with Crippen LogP contribution in [-0.2, 0) is 14.3 Å². The maximum absolute atomic E-state index is 14.6. The summed E-state index contributed by atoms with van der Waals surface area (Å²) in [6.07, 6.45) is 3.67. The molecule has 1 aromatic carbocycles. The van der Waals surface area contributed by atoms with Crippen molar-refractivity contribution < 1.29 is 28.6 Å². The molecule has 1 aliphatic carbocycles. The average molecular weight is 631 g/mol. The molecule has 3 fully saturated rings. The summed E-state index contributed by atoms with van der Waals surface area (Å²) in [4.78, 5) is 53.4. The van der Waals surface area contributed by atoms with Gasteiger partial charge in [0, 0.05) is 62.1 Å². The van der Waals surface area contributed by atoms with Gasteiger partial charge in [0.2, 0.25) is 0 Å². The molecular weight excluding hydrogens is 599 g/mol. The number of nitrogens with one attached hydrogen (secondary N) is 1. The SMILES string of the molecule is CCOC(=O)C1=C(CN2CCN3C(=O)N(CC4(C(=O)O)CCC4)C[C@@H]3C2)NC(c2nccs2)=N[C@H]1c1cccc(F)c1Cl. The molecule has 1 aromatic heterocycles. The zero-order valence-corrected chi connectivity index (χ0v) is 25.2. The number of piperazine rings is 1. The number of fused-ring (bicyclic) bond motifs is 1. The molecule has 0 spiro atoms. The van der Waals surface area contributed by atoms with E-state index in [9.17, 15) is 23.9 Å². The van der Waals surface area contributed by atoms with E-state index < -0.39 is 29.2 Å². The van der Waals surface area contributed by atoms with Gasteiger partial charge in [0.1, 0.15) is 11.9 Å². The highest BCUT2D eigenvalue weighted by atomic mass is 35.5. The fourth-order valence-corrected chi connectivity index (χ4v) is 7.14. The average Bonchev–Trinajstić information content (AvgIpc) is 3.60. The molecule has 0 bridgehead atoms. The predicted molar refractivity (Wildman–Crippen MR) is 157 cm³/mol. The maximum Gasteiger partial charge on any atom is 0.338 e. The zero-order chi connectivity index (χ0) is 30.3. The number of hydrogen-bond donors (Lipinski definition) is 2. The highest BCUT2D eigenvalue weighted by Crippen LogP contribution is 2.43. The molecule has 14 heteroatoms. The van der Waals surface area contributed by atoms with E-state index >= 15 is 0 Å². The number of urea groups is 1. The summed E-state index contributed by atoms with van der Waals surface area (Å²) < 4.78 is 20.0. The number of esters is 1. The fraction of sp³-hybridized carbons (Fsp3) is 0.483. The van der Waals surface area contributed by atoms with Crippen LogP contribution in [0.5, 0.6) is 0 Å². The van der Waals surface area contributed by atoms with Gasteiger partial charge in [0.05, 0.1) is 28.7 Å². The third-order valence-corrected chi connectivity index (χ3v) is 9.86. The van der Waals surface area contributed by atoms with Crippen LogP contribution >= 0.6 is 22.9 Å². The number of amidine groups is 1. The number of rotatable bonds is 9. The molecule has 4 aliphatic rings. The molecule has 6 rings (SSSR count). The number of carboxylic acid groups (broad SMARTS) is 1. The Morgan fingerprint density at radius 3 is 2.77 bits per heavy atom. The van der Waals surface area contributed by atoms with Gasteiger partial charge in [-0.25, -0.2) is 19.0 Å².